The zero-order valence-electron chi connectivity index (χ0n) is 11.9. The lowest BCUT2D eigenvalue weighted by molar-refractivity contribution is -0.123. The number of phenols is 1. The van der Waals surface area contributed by atoms with Crippen LogP contribution in [-0.4, -0.2) is 16.9 Å². The van der Waals surface area contributed by atoms with Gasteiger partial charge in [0.2, 0.25) is 0 Å². The first kappa shape index (κ1) is 13.9. The Labute approximate surface area is 127 Å². The average molecular weight is 294 g/mol. The topological polar surface area (TPSA) is 78.4 Å². The Bertz CT molecular complexity index is 775. The molecule has 0 saturated carbocycles. The normalized spacial score (nSPS) is 14.2. The lowest BCUT2D eigenvalue weighted by atomic mass is 10.0. The molecule has 2 aromatic rings. The number of amides is 2. The van der Waals surface area contributed by atoms with E-state index in [-0.39, 0.29) is 17.0 Å². The number of rotatable bonds is 3. The Morgan fingerprint density at radius 2 is 1.55 bits per heavy atom. The van der Waals surface area contributed by atoms with Gasteiger partial charge in [-0.1, -0.05) is 29.8 Å². The minimum Gasteiger partial charge on any atom is -0.508 e. The van der Waals surface area contributed by atoms with E-state index in [1.807, 2.05) is 31.2 Å². The number of imide groups is 1. The highest BCUT2D eigenvalue weighted by Crippen LogP contribution is 2.26. The fourth-order valence-corrected chi connectivity index (χ4v) is 2.26. The monoisotopic (exact) mass is 294 g/mol. The number of phenolic OH excluding ortho intramolecular Hbond substituents is 1. The molecule has 0 bridgehead atoms. The number of nitrogens with one attached hydrogen (secondary N) is 2. The van der Waals surface area contributed by atoms with Crippen LogP contribution in [0.4, 0.5) is 5.69 Å². The SMILES string of the molecule is Cc1ccc(NC2=C(c3ccc(O)cc3)C(=O)NC2=O)cc1. The molecule has 5 nitrogen and oxygen atoms in total. The van der Waals surface area contributed by atoms with Crippen LogP contribution in [0.15, 0.2) is 54.2 Å². The molecule has 0 aliphatic carbocycles. The predicted molar refractivity (Wildman–Crippen MR) is 83.0 cm³/mol. The number of carbonyl (C=O) groups excluding carboxylic acids is 2. The van der Waals surface area contributed by atoms with Crippen molar-refractivity contribution in [1.82, 2.24) is 5.32 Å². The molecule has 2 amide bonds. The molecule has 0 fully saturated rings. The van der Waals surface area contributed by atoms with Gasteiger partial charge in [0.15, 0.2) is 0 Å². The third-order valence-electron chi connectivity index (χ3n) is 3.41. The summed E-state index contributed by atoms with van der Waals surface area (Å²) in [5.74, 6) is -0.818. The number of carbonyl (C=O) groups is 2. The summed E-state index contributed by atoms with van der Waals surface area (Å²) in [5, 5.41) is 14.6. The lowest BCUT2D eigenvalue weighted by Crippen LogP contribution is -2.24. The molecule has 1 aliphatic heterocycles. The Morgan fingerprint density at radius 1 is 0.909 bits per heavy atom. The van der Waals surface area contributed by atoms with Gasteiger partial charge in [0.25, 0.3) is 11.8 Å². The molecule has 0 unspecified atom stereocenters. The number of hydrogen-bond donors (Lipinski definition) is 3. The molecule has 22 heavy (non-hydrogen) atoms. The summed E-state index contributed by atoms with van der Waals surface area (Å²) in [5.41, 5.74) is 2.87. The van der Waals surface area contributed by atoms with Gasteiger partial charge in [-0.2, -0.15) is 0 Å². The number of aryl methyl sites for hydroxylation is 1. The Morgan fingerprint density at radius 3 is 2.18 bits per heavy atom. The van der Waals surface area contributed by atoms with E-state index in [9.17, 15) is 14.7 Å². The smallest absolute Gasteiger partial charge is 0.275 e. The first-order valence-corrected chi connectivity index (χ1v) is 6.77. The molecular weight excluding hydrogens is 280 g/mol. The van der Waals surface area contributed by atoms with Crippen molar-refractivity contribution in [2.24, 2.45) is 0 Å². The summed E-state index contributed by atoms with van der Waals surface area (Å²) in [6.45, 7) is 1.97. The van der Waals surface area contributed by atoms with E-state index in [1.165, 1.54) is 12.1 Å². The standard InChI is InChI=1S/C17H14N2O3/c1-10-2-6-12(7-3-10)18-15-14(16(21)19-17(15)22)11-4-8-13(20)9-5-11/h2-9,20H,1H3,(H2,18,19,21,22). The highest BCUT2D eigenvalue weighted by Gasteiger charge is 2.31. The van der Waals surface area contributed by atoms with Crippen LogP contribution in [0.1, 0.15) is 11.1 Å². The number of anilines is 1. The third-order valence-corrected chi connectivity index (χ3v) is 3.41. The predicted octanol–water partition coefficient (Wildman–Crippen LogP) is 2.18. The van der Waals surface area contributed by atoms with Crippen LogP contribution in [0.5, 0.6) is 5.75 Å². The quantitative estimate of drug-likeness (QED) is 0.758. The third kappa shape index (κ3) is 2.56. The molecule has 5 heteroatoms. The number of aromatic hydroxyl groups is 1. The van der Waals surface area contributed by atoms with E-state index in [1.54, 1.807) is 12.1 Å². The molecule has 2 aromatic carbocycles. The van der Waals surface area contributed by atoms with E-state index < -0.39 is 11.8 Å². The van der Waals surface area contributed by atoms with Crippen LogP contribution in [0.25, 0.3) is 5.57 Å². The minimum absolute atomic E-state index is 0.0992. The lowest BCUT2D eigenvalue weighted by Gasteiger charge is -2.08. The fraction of sp³-hybridized carbons (Fsp3) is 0.0588. The summed E-state index contributed by atoms with van der Waals surface area (Å²) < 4.78 is 0. The van der Waals surface area contributed by atoms with E-state index in [2.05, 4.69) is 10.6 Å². The molecule has 0 atom stereocenters. The molecule has 0 radical (unpaired) electrons. The summed E-state index contributed by atoms with van der Waals surface area (Å²) >= 11 is 0. The van der Waals surface area contributed by atoms with E-state index in [4.69, 9.17) is 0 Å². The zero-order valence-corrected chi connectivity index (χ0v) is 11.9. The van der Waals surface area contributed by atoms with Gasteiger partial charge in [-0.15, -0.1) is 0 Å². The fourth-order valence-electron chi connectivity index (χ4n) is 2.26. The Hall–Kier alpha value is -3.08. The van der Waals surface area contributed by atoms with Gasteiger partial charge < -0.3 is 10.4 Å². The molecule has 1 aliphatic rings. The molecule has 1 heterocycles. The Balaban J connectivity index is 2.02. The molecule has 0 saturated heterocycles. The maximum absolute atomic E-state index is 12.0. The van der Waals surface area contributed by atoms with Crippen molar-refractivity contribution >= 4 is 23.1 Å². The van der Waals surface area contributed by atoms with Gasteiger partial charge in [0.1, 0.15) is 11.4 Å². The highest BCUT2D eigenvalue weighted by atomic mass is 16.3. The van der Waals surface area contributed by atoms with Crippen molar-refractivity contribution in [2.45, 2.75) is 6.92 Å². The maximum atomic E-state index is 12.0. The van der Waals surface area contributed by atoms with E-state index in [0.29, 0.717) is 5.56 Å². The zero-order chi connectivity index (χ0) is 15.7. The van der Waals surface area contributed by atoms with Crippen LogP contribution in [0.2, 0.25) is 0 Å². The molecule has 3 N–H and O–H groups in total. The number of hydrogen-bond acceptors (Lipinski definition) is 4. The molecule has 0 aromatic heterocycles. The van der Waals surface area contributed by atoms with Crippen molar-refractivity contribution in [2.75, 3.05) is 5.32 Å². The second-order valence-corrected chi connectivity index (χ2v) is 5.07. The van der Waals surface area contributed by atoms with Crippen LogP contribution >= 0.6 is 0 Å². The van der Waals surface area contributed by atoms with E-state index >= 15 is 0 Å². The molecule has 0 spiro atoms. The van der Waals surface area contributed by atoms with Gasteiger partial charge in [-0.3, -0.25) is 14.9 Å². The van der Waals surface area contributed by atoms with Crippen LogP contribution in [0, 0.1) is 6.92 Å². The minimum atomic E-state index is -0.464. The summed E-state index contributed by atoms with van der Waals surface area (Å²) in [6, 6.07) is 13.7. The average Bonchev–Trinajstić information content (AvgIpc) is 2.77. The van der Waals surface area contributed by atoms with Crippen molar-refractivity contribution in [3.63, 3.8) is 0 Å². The second-order valence-electron chi connectivity index (χ2n) is 5.07. The maximum Gasteiger partial charge on any atom is 0.275 e. The molecule has 3 rings (SSSR count). The largest absolute Gasteiger partial charge is 0.508 e. The second kappa shape index (κ2) is 5.37. The van der Waals surface area contributed by atoms with Gasteiger partial charge in [-0.25, -0.2) is 0 Å². The van der Waals surface area contributed by atoms with Crippen LogP contribution in [-0.2, 0) is 9.59 Å². The van der Waals surface area contributed by atoms with Crippen LogP contribution in [0.3, 0.4) is 0 Å². The van der Waals surface area contributed by atoms with Crippen LogP contribution < -0.4 is 10.6 Å². The first-order valence-electron chi connectivity index (χ1n) is 6.77. The number of benzene rings is 2. The van der Waals surface area contributed by atoms with Gasteiger partial charge in [0, 0.05) is 5.69 Å². The molecular formula is C17H14N2O3. The van der Waals surface area contributed by atoms with Gasteiger partial charge in [0.05, 0.1) is 5.57 Å². The Kier molecular flexibility index (Phi) is 3.39. The highest BCUT2D eigenvalue weighted by molar-refractivity contribution is 6.36. The molecule has 110 valence electrons. The summed E-state index contributed by atoms with van der Waals surface area (Å²) in [4.78, 5) is 24.0. The van der Waals surface area contributed by atoms with Gasteiger partial charge >= 0.3 is 0 Å². The van der Waals surface area contributed by atoms with Crippen molar-refractivity contribution < 1.29 is 14.7 Å². The first-order chi connectivity index (χ1) is 10.5. The van der Waals surface area contributed by atoms with Crippen molar-refractivity contribution in [1.29, 1.82) is 0 Å². The summed E-state index contributed by atoms with van der Waals surface area (Å²) in [6.07, 6.45) is 0. The van der Waals surface area contributed by atoms with Crippen molar-refractivity contribution in [3.05, 3.63) is 65.4 Å². The van der Waals surface area contributed by atoms with Gasteiger partial charge in [-0.05, 0) is 36.8 Å². The van der Waals surface area contributed by atoms with E-state index in [0.717, 1.165) is 11.3 Å². The summed E-state index contributed by atoms with van der Waals surface area (Å²) in [7, 11) is 0. The van der Waals surface area contributed by atoms with Crippen molar-refractivity contribution in [3.8, 4) is 5.75 Å².